The Bertz CT molecular complexity index is 1770. The van der Waals surface area contributed by atoms with E-state index in [2.05, 4.69) is 17.2 Å². The van der Waals surface area contributed by atoms with Gasteiger partial charge in [0.25, 0.3) is 5.91 Å². The molecule has 1 N–H and O–H groups in total. The van der Waals surface area contributed by atoms with E-state index < -0.39 is 28.8 Å². The van der Waals surface area contributed by atoms with Crippen LogP contribution >= 0.6 is 0 Å². The number of benzene rings is 2. The molecule has 1 aliphatic heterocycles. The molecule has 0 aliphatic carbocycles. The molecule has 11 heteroatoms. The molecule has 0 radical (unpaired) electrons. The molecule has 0 saturated carbocycles. The summed E-state index contributed by atoms with van der Waals surface area (Å²) in [5.74, 6) is -2.44. The van der Waals surface area contributed by atoms with Crippen LogP contribution in [0.3, 0.4) is 0 Å². The van der Waals surface area contributed by atoms with Gasteiger partial charge < -0.3 is 19.4 Å². The standard InChI is InChI=1S/C36H42F3N5O3/c1-4-44(17-9-10-18-44)16-8-6-5-7-11-19-47-28-12-14-32(31(39)23-28)43-24-30(36(46)40-27-21-25(37)20-26(38)22-27)34(45)29-13-15-33(42(2)3)41-35(29)43/h12-15,20-24H,4-11,16-19H2,1-3H3/p+1. The zero-order valence-corrected chi connectivity index (χ0v) is 27.3. The van der Waals surface area contributed by atoms with Crippen LogP contribution in [0, 0.1) is 17.5 Å². The zero-order valence-electron chi connectivity index (χ0n) is 27.3. The number of quaternary nitrogens is 1. The molecule has 2 aromatic carbocycles. The molecule has 8 nitrogen and oxygen atoms in total. The number of carbonyl (C=O) groups is 1. The summed E-state index contributed by atoms with van der Waals surface area (Å²) in [6, 6.07) is 10.1. The van der Waals surface area contributed by atoms with Crippen molar-refractivity contribution in [2.75, 3.05) is 57.1 Å². The second kappa shape index (κ2) is 15.0. The summed E-state index contributed by atoms with van der Waals surface area (Å²) in [5, 5.41) is 2.43. The van der Waals surface area contributed by atoms with Crippen LogP contribution in [-0.2, 0) is 0 Å². The SMILES string of the molecule is CC[N+]1(CCCCCCCOc2ccc(-n3cc(C(=O)Nc4cc(F)cc(F)c4)c(=O)c4ccc(N(C)C)nc43)c(F)c2)CCCC1. The summed E-state index contributed by atoms with van der Waals surface area (Å²) >= 11 is 0. The normalized spacial score (nSPS) is 14.0. The van der Waals surface area contributed by atoms with Crippen molar-refractivity contribution in [1.29, 1.82) is 0 Å². The Labute approximate surface area is 273 Å². The first-order valence-corrected chi connectivity index (χ1v) is 16.4. The van der Waals surface area contributed by atoms with Gasteiger partial charge in [0.1, 0.15) is 28.8 Å². The molecule has 250 valence electrons. The lowest BCUT2D eigenvalue weighted by molar-refractivity contribution is -0.915. The number of anilines is 2. The third-order valence-electron chi connectivity index (χ3n) is 9.07. The second-order valence-corrected chi connectivity index (χ2v) is 12.6. The summed E-state index contributed by atoms with van der Waals surface area (Å²) in [7, 11) is 3.56. The molecular formula is C36H43F3N5O3+. The quantitative estimate of drug-likeness (QED) is 0.117. The van der Waals surface area contributed by atoms with Crippen LogP contribution < -0.4 is 20.4 Å². The highest BCUT2D eigenvalue weighted by atomic mass is 19.1. The molecular weight excluding hydrogens is 607 g/mol. The lowest BCUT2D eigenvalue weighted by Crippen LogP contribution is -2.45. The number of hydrogen-bond donors (Lipinski definition) is 1. The number of ether oxygens (including phenoxy) is 1. The van der Waals surface area contributed by atoms with Crippen LogP contribution in [0.5, 0.6) is 5.75 Å². The van der Waals surface area contributed by atoms with Crippen LogP contribution in [0.15, 0.2) is 59.5 Å². The maximum Gasteiger partial charge on any atom is 0.261 e. The Morgan fingerprint density at radius 2 is 1.66 bits per heavy atom. The largest absolute Gasteiger partial charge is 0.493 e. The molecule has 4 aromatic rings. The van der Waals surface area contributed by atoms with Crippen molar-refractivity contribution in [2.45, 2.75) is 51.9 Å². The zero-order chi connectivity index (χ0) is 33.6. The first-order chi connectivity index (χ1) is 22.6. The maximum absolute atomic E-state index is 15.7. The van der Waals surface area contributed by atoms with Gasteiger partial charge in [-0.15, -0.1) is 0 Å². The Kier molecular flexibility index (Phi) is 10.9. The highest BCUT2D eigenvalue weighted by Gasteiger charge is 2.29. The molecule has 0 atom stereocenters. The van der Waals surface area contributed by atoms with E-state index in [1.807, 2.05) is 0 Å². The van der Waals surface area contributed by atoms with E-state index in [0.717, 1.165) is 31.4 Å². The first kappa shape index (κ1) is 34.0. The number of pyridine rings is 2. The molecule has 1 amide bonds. The minimum absolute atomic E-state index is 0.0436. The van der Waals surface area contributed by atoms with Gasteiger partial charge in [-0.1, -0.05) is 12.8 Å². The molecule has 5 rings (SSSR count). The van der Waals surface area contributed by atoms with Gasteiger partial charge in [-0.2, -0.15) is 0 Å². The number of halogens is 3. The first-order valence-electron chi connectivity index (χ1n) is 16.4. The Balaban J connectivity index is 1.30. The van der Waals surface area contributed by atoms with Crippen LogP contribution in [0.25, 0.3) is 16.7 Å². The minimum Gasteiger partial charge on any atom is -0.493 e. The average molecular weight is 651 g/mol. The number of hydrogen-bond acceptors (Lipinski definition) is 5. The van der Waals surface area contributed by atoms with Crippen molar-refractivity contribution in [3.05, 3.63) is 88.0 Å². The smallest absolute Gasteiger partial charge is 0.261 e. The van der Waals surface area contributed by atoms with E-state index in [1.54, 1.807) is 31.1 Å². The highest BCUT2D eigenvalue weighted by molar-refractivity contribution is 6.05. The molecule has 2 aromatic heterocycles. The fourth-order valence-corrected chi connectivity index (χ4v) is 6.36. The van der Waals surface area contributed by atoms with E-state index in [9.17, 15) is 18.4 Å². The number of carbonyl (C=O) groups excluding carboxylic acids is 1. The molecule has 0 spiro atoms. The molecule has 3 heterocycles. The van der Waals surface area contributed by atoms with E-state index in [4.69, 9.17) is 4.74 Å². The van der Waals surface area contributed by atoms with Crippen LogP contribution in [0.1, 0.15) is 62.2 Å². The number of nitrogens with one attached hydrogen (secondary N) is 1. The van der Waals surface area contributed by atoms with E-state index in [0.29, 0.717) is 24.2 Å². The van der Waals surface area contributed by atoms with Gasteiger partial charge in [-0.3, -0.25) is 14.2 Å². The molecule has 1 aliphatic rings. The molecule has 47 heavy (non-hydrogen) atoms. The number of rotatable bonds is 14. The summed E-state index contributed by atoms with van der Waals surface area (Å²) < 4.78 is 51.6. The predicted molar refractivity (Wildman–Crippen MR) is 179 cm³/mol. The van der Waals surface area contributed by atoms with Gasteiger partial charge in [0.2, 0.25) is 5.43 Å². The highest BCUT2D eigenvalue weighted by Crippen LogP contribution is 2.26. The van der Waals surface area contributed by atoms with Gasteiger partial charge in [0, 0.05) is 51.0 Å². The van der Waals surface area contributed by atoms with Gasteiger partial charge in [-0.05, 0) is 62.6 Å². The Morgan fingerprint density at radius 1 is 0.957 bits per heavy atom. The average Bonchev–Trinajstić information content (AvgIpc) is 3.51. The second-order valence-electron chi connectivity index (χ2n) is 12.6. The summed E-state index contributed by atoms with van der Waals surface area (Å²) in [5.41, 5.74) is -0.999. The monoisotopic (exact) mass is 650 g/mol. The van der Waals surface area contributed by atoms with Crippen LogP contribution in [-0.4, -0.2) is 66.8 Å². The fraction of sp³-hybridized carbons (Fsp3) is 0.417. The van der Waals surface area contributed by atoms with Crippen LogP contribution in [0.2, 0.25) is 0 Å². The summed E-state index contributed by atoms with van der Waals surface area (Å²) in [6.07, 6.45) is 9.40. The number of likely N-dealkylation sites (tertiary alicyclic amines) is 1. The third-order valence-corrected chi connectivity index (χ3v) is 9.07. The van der Waals surface area contributed by atoms with Crippen molar-refractivity contribution >= 4 is 28.4 Å². The lowest BCUT2D eigenvalue weighted by Gasteiger charge is -2.33. The van der Waals surface area contributed by atoms with Crippen molar-refractivity contribution < 1.29 is 27.2 Å². The van der Waals surface area contributed by atoms with Crippen molar-refractivity contribution in [3.8, 4) is 11.4 Å². The molecule has 0 bridgehead atoms. The van der Waals surface area contributed by atoms with E-state index in [1.165, 1.54) is 85.3 Å². The van der Waals surface area contributed by atoms with Crippen molar-refractivity contribution in [3.63, 3.8) is 0 Å². The maximum atomic E-state index is 15.7. The van der Waals surface area contributed by atoms with Crippen molar-refractivity contribution in [2.24, 2.45) is 0 Å². The topological polar surface area (TPSA) is 76.5 Å². The third kappa shape index (κ3) is 8.13. The van der Waals surface area contributed by atoms with E-state index in [-0.39, 0.29) is 28.0 Å². The fourth-order valence-electron chi connectivity index (χ4n) is 6.36. The number of amides is 1. The molecule has 0 unspecified atom stereocenters. The molecule has 1 fully saturated rings. The number of fused-ring (bicyclic) bond motifs is 1. The summed E-state index contributed by atoms with van der Waals surface area (Å²) in [4.78, 5) is 32.9. The van der Waals surface area contributed by atoms with Gasteiger partial charge >= 0.3 is 0 Å². The Morgan fingerprint density at radius 3 is 2.34 bits per heavy atom. The van der Waals surface area contributed by atoms with E-state index >= 15 is 4.39 Å². The molecule has 1 saturated heterocycles. The van der Waals surface area contributed by atoms with Gasteiger partial charge in [0.05, 0.1) is 43.9 Å². The predicted octanol–water partition coefficient (Wildman–Crippen LogP) is 7.08. The lowest BCUT2D eigenvalue weighted by atomic mass is 10.1. The number of aromatic nitrogens is 2. The van der Waals surface area contributed by atoms with Gasteiger partial charge in [0.15, 0.2) is 11.5 Å². The number of nitrogens with zero attached hydrogens (tertiary/aromatic N) is 4. The van der Waals surface area contributed by atoms with Gasteiger partial charge in [-0.25, -0.2) is 18.2 Å². The minimum atomic E-state index is -0.907. The number of unbranched alkanes of at least 4 members (excludes halogenated alkanes) is 4. The van der Waals surface area contributed by atoms with Crippen LogP contribution in [0.4, 0.5) is 24.7 Å². The Hall–Kier alpha value is -4.38. The summed E-state index contributed by atoms with van der Waals surface area (Å²) in [6.45, 7) is 7.91. The van der Waals surface area contributed by atoms with Crippen molar-refractivity contribution in [1.82, 2.24) is 9.55 Å².